The van der Waals surface area contributed by atoms with Gasteiger partial charge in [0.15, 0.2) is 0 Å². The summed E-state index contributed by atoms with van der Waals surface area (Å²) in [6, 6.07) is 14.5. The summed E-state index contributed by atoms with van der Waals surface area (Å²) in [5.41, 5.74) is 4.50. The third-order valence-corrected chi connectivity index (χ3v) is 5.18. The van der Waals surface area contributed by atoms with Gasteiger partial charge in [-0.1, -0.05) is 29.8 Å². The fraction of sp³-hybridized carbons (Fsp3) is 0.350. The summed E-state index contributed by atoms with van der Waals surface area (Å²) in [6.07, 6.45) is 0. The molecule has 4 heteroatoms. The average Bonchev–Trinajstić information content (AvgIpc) is 2.60. The maximum atomic E-state index is 12.5. The zero-order valence-electron chi connectivity index (χ0n) is 14.9. The zero-order valence-corrected chi connectivity index (χ0v) is 15.7. The van der Waals surface area contributed by atoms with Crippen molar-refractivity contribution in [3.8, 4) is 0 Å². The highest BCUT2D eigenvalue weighted by molar-refractivity contribution is 7.98. The quantitative estimate of drug-likeness (QED) is 0.775. The van der Waals surface area contributed by atoms with E-state index in [0.29, 0.717) is 6.54 Å². The first-order chi connectivity index (χ1) is 11.5. The van der Waals surface area contributed by atoms with Gasteiger partial charge in [-0.25, -0.2) is 0 Å². The molecular formula is C20H26N2OS. The van der Waals surface area contributed by atoms with Crippen LogP contribution < -0.4 is 5.32 Å². The molecule has 0 fully saturated rings. The standard InChI is InChI=1S/C20H26N2OS/c1-15-8-9-16(2)19(12-15)24-14-17-6-5-7-18(13-17)20(23)22(4)11-10-21-3/h5-9,12-13,21H,10-11,14H2,1-4H3. The van der Waals surface area contributed by atoms with Crippen LogP contribution in [-0.4, -0.2) is 38.0 Å². The van der Waals surface area contributed by atoms with Crippen molar-refractivity contribution in [2.45, 2.75) is 24.5 Å². The minimum absolute atomic E-state index is 0.0730. The van der Waals surface area contributed by atoms with E-state index in [-0.39, 0.29) is 5.91 Å². The molecule has 128 valence electrons. The smallest absolute Gasteiger partial charge is 0.253 e. The third-order valence-electron chi connectivity index (χ3n) is 3.96. The lowest BCUT2D eigenvalue weighted by atomic mass is 10.1. The molecule has 0 aliphatic carbocycles. The van der Waals surface area contributed by atoms with Gasteiger partial charge in [-0.15, -0.1) is 11.8 Å². The highest BCUT2D eigenvalue weighted by Gasteiger charge is 2.11. The lowest BCUT2D eigenvalue weighted by molar-refractivity contribution is 0.0797. The molecule has 2 rings (SSSR count). The van der Waals surface area contributed by atoms with Crippen molar-refractivity contribution in [3.63, 3.8) is 0 Å². The highest BCUT2D eigenvalue weighted by atomic mass is 32.2. The second-order valence-corrected chi connectivity index (χ2v) is 7.11. The van der Waals surface area contributed by atoms with Crippen LogP contribution in [0.5, 0.6) is 0 Å². The van der Waals surface area contributed by atoms with Crippen LogP contribution in [0, 0.1) is 13.8 Å². The van der Waals surface area contributed by atoms with Crippen LogP contribution in [-0.2, 0) is 5.75 Å². The molecular weight excluding hydrogens is 316 g/mol. The van der Waals surface area contributed by atoms with Gasteiger partial charge in [-0.05, 0) is 50.2 Å². The molecule has 1 N–H and O–H groups in total. The van der Waals surface area contributed by atoms with Crippen LogP contribution in [0.25, 0.3) is 0 Å². The van der Waals surface area contributed by atoms with Crippen LogP contribution in [0.15, 0.2) is 47.4 Å². The van der Waals surface area contributed by atoms with Gasteiger partial charge in [0, 0.05) is 36.3 Å². The topological polar surface area (TPSA) is 32.3 Å². The molecule has 0 radical (unpaired) electrons. The van der Waals surface area contributed by atoms with E-state index < -0.39 is 0 Å². The van der Waals surface area contributed by atoms with E-state index in [1.165, 1.54) is 21.6 Å². The van der Waals surface area contributed by atoms with Crippen molar-refractivity contribution in [2.75, 3.05) is 27.2 Å². The lowest BCUT2D eigenvalue weighted by Gasteiger charge is -2.17. The Hall–Kier alpha value is -1.78. The van der Waals surface area contributed by atoms with Gasteiger partial charge in [0.2, 0.25) is 0 Å². The number of amides is 1. The number of rotatable bonds is 7. The number of carbonyl (C=O) groups is 1. The number of thioether (sulfide) groups is 1. The summed E-state index contributed by atoms with van der Waals surface area (Å²) in [4.78, 5) is 15.5. The Kier molecular flexibility index (Phi) is 6.88. The molecule has 3 nitrogen and oxygen atoms in total. The number of hydrogen-bond acceptors (Lipinski definition) is 3. The van der Waals surface area contributed by atoms with Crippen molar-refractivity contribution in [1.29, 1.82) is 0 Å². The summed E-state index contributed by atoms with van der Waals surface area (Å²) >= 11 is 1.82. The number of carbonyl (C=O) groups excluding carboxylic acids is 1. The number of nitrogens with zero attached hydrogens (tertiary/aromatic N) is 1. The van der Waals surface area contributed by atoms with Gasteiger partial charge < -0.3 is 10.2 Å². The largest absolute Gasteiger partial charge is 0.340 e. The van der Waals surface area contributed by atoms with Crippen molar-refractivity contribution in [3.05, 3.63) is 64.7 Å². The molecule has 0 saturated carbocycles. The van der Waals surface area contributed by atoms with Crippen LogP contribution in [0.4, 0.5) is 0 Å². The van der Waals surface area contributed by atoms with E-state index in [2.05, 4.69) is 43.4 Å². The highest BCUT2D eigenvalue weighted by Crippen LogP contribution is 2.27. The van der Waals surface area contributed by atoms with E-state index in [9.17, 15) is 4.79 Å². The number of hydrogen-bond donors (Lipinski definition) is 1. The maximum Gasteiger partial charge on any atom is 0.253 e. The monoisotopic (exact) mass is 342 g/mol. The predicted octanol–water partition coefficient (Wildman–Crippen LogP) is 3.89. The first-order valence-electron chi connectivity index (χ1n) is 8.20. The molecule has 0 heterocycles. The van der Waals surface area contributed by atoms with Crippen molar-refractivity contribution in [2.24, 2.45) is 0 Å². The Labute approximate surface area is 149 Å². The molecule has 24 heavy (non-hydrogen) atoms. The molecule has 0 aliphatic heterocycles. The SMILES string of the molecule is CNCCN(C)C(=O)c1cccc(CSc2cc(C)ccc2C)c1. The Morgan fingerprint density at radius 2 is 1.96 bits per heavy atom. The second-order valence-electron chi connectivity index (χ2n) is 6.09. The van der Waals surface area contributed by atoms with Crippen LogP contribution >= 0.6 is 11.8 Å². The van der Waals surface area contributed by atoms with Gasteiger partial charge in [-0.3, -0.25) is 4.79 Å². The number of likely N-dealkylation sites (N-methyl/N-ethyl adjacent to an activating group) is 2. The lowest BCUT2D eigenvalue weighted by Crippen LogP contribution is -2.32. The Morgan fingerprint density at radius 1 is 1.17 bits per heavy atom. The van der Waals surface area contributed by atoms with Crippen LogP contribution in [0.3, 0.4) is 0 Å². The molecule has 0 spiro atoms. The summed E-state index contributed by atoms with van der Waals surface area (Å²) in [7, 11) is 3.74. The van der Waals surface area contributed by atoms with Gasteiger partial charge in [0.05, 0.1) is 0 Å². The maximum absolute atomic E-state index is 12.5. The minimum atomic E-state index is 0.0730. The van der Waals surface area contributed by atoms with E-state index in [4.69, 9.17) is 0 Å². The van der Waals surface area contributed by atoms with Gasteiger partial charge in [-0.2, -0.15) is 0 Å². The van der Waals surface area contributed by atoms with E-state index in [0.717, 1.165) is 17.9 Å². The molecule has 0 bridgehead atoms. The summed E-state index contributed by atoms with van der Waals surface area (Å²) in [5.74, 6) is 0.940. The minimum Gasteiger partial charge on any atom is -0.340 e. The number of aryl methyl sites for hydroxylation is 2. The predicted molar refractivity (Wildman–Crippen MR) is 103 cm³/mol. The summed E-state index contributed by atoms with van der Waals surface area (Å²) < 4.78 is 0. The fourth-order valence-corrected chi connectivity index (χ4v) is 3.49. The summed E-state index contributed by atoms with van der Waals surface area (Å²) in [5, 5.41) is 3.07. The van der Waals surface area contributed by atoms with Gasteiger partial charge in [0.1, 0.15) is 0 Å². The van der Waals surface area contributed by atoms with Crippen LogP contribution in [0.2, 0.25) is 0 Å². The zero-order chi connectivity index (χ0) is 17.5. The van der Waals surface area contributed by atoms with Gasteiger partial charge in [0.25, 0.3) is 5.91 Å². The first kappa shape index (κ1) is 18.6. The Bertz CT molecular complexity index is 700. The Balaban J connectivity index is 2.04. The van der Waals surface area contributed by atoms with E-state index >= 15 is 0 Å². The Morgan fingerprint density at radius 3 is 2.71 bits per heavy atom. The molecule has 1 amide bonds. The molecule has 0 aliphatic rings. The van der Waals surface area contributed by atoms with Crippen molar-refractivity contribution in [1.82, 2.24) is 10.2 Å². The molecule has 0 unspecified atom stereocenters. The molecule has 0 atom stereocenters. The molecule has 0 aromatic heterocycles. The molecule has 2 aromatic carbocycles. The van der Waals surface area contributed by atoms with E-state index in [1.54, 1.807) is 4.90 Å². The molecule has 2 aromatic rings. The van der Waals surface area contributed by atoms with E-state index in [1.807, 2.05) is 44.1 Å². The summed E-state index contributed by atoms with van der Waals surface area (Å²) in [6.45, 7) is 5.75. The van der Waals surface area contributed by atoms with Crippen LogP contribution in [0.1, 0.15) is 27.0 Å². The van der Waals surface area contributed by atoms with Crippen molar-refractivity contribution < 1.29 is 4.79 Å². The van der Waals surface area contributed by atoms with Gasteiger partial charge >= 0.3 is 0 Å². The normalized spacial score (nSPS) is 10.7. The number of nitrogens with one attached hydrogen (secondary N) is 1. The van der Waals surface area contributed by atoms with Crippen molar-refractivity contribution >= 4 is 17.7 Å². The third kappa shape index (κ3) is 5.11. The molecule has 0 saturated heterocycles. The fourth-order valence-electron chi connectivity index (χ4n) is 2.42. The number of benzene rings is 2. The second kappa shape index (κ2) is 8.90. The average molecular weight is 343 g/mol. The first-order valence-corrected chi connectivity index (χ1v) is 9.19.